The van der Waals surface area contributed by atoms with Gasteiger partial charge in [-0.15, -0.1) is 0 Å². The lowest BCUT2D eigenvalue weighted by molar-refractivity contribution is -0.137. The highest BCUT2D eigenvalue weighted by atomic mass is 19.4. The molecule has 0 saturated heterocycles. The quantitative estimate of drug-likeness (QED) is 0.784. The van der Waals surface area contributed by atoms with Crippen LogP contribution in [0.3, 0.4) is 0 Å². The van der Waals surface area contributed by atoms with E-state index in [4.69, 9.17) is 0 Å². The first-order chi connectivity index (χ1) is 11.9. The van der Waals surface area contributed by atoms with Crippen LogP contribution < -0.4 is 5.32 Å². The summed E-state index contributed by atoms with van der Waals surface area (Å²) in [5.74, 6) is -0.413. The predicted octanol–water partition coefficient (Wildman–Crippen LogP) is 3.85. The van der Waals surface area contributed by atoms with Crippen molar-refractivity contribution in [3.63, 3.8) is 0 Å². The predicted molar refractivity (Wildman–Crippen MR) is 85.5 cm³/mol. The number of carbonyl (C=O) groups excluding carboxylic acids is 1. The molecule has 2 heterocycles. The van der Waals surface area contributed by atoms with E-state index in [0.717, 1.165) is 12.1 Å². The van der Waals surface area contributed by atoms with Crippen LogP contribution in [0.1, 0.15) is 21.6 Å². The first-order valence-corrected chi connectivity index (χ1v) is 7.30. The monoisotopic (exact) mass is 346 g/mol. The normalized spacial score (nSPS) is 11.4. The number of rotatable bonds is 3. The van der Waals surface area contributed by atoms with Gasteiger partial charge in [-0.2, -0.15) is 18.3 Å². The summed E-state index contributed by atoms with van der Waals surface area (Å²) < 4.78 is 39.9. The van der Waals surface area contributed by atoms with E-state index < -0.39 is 17.6 Å². The molecule has 8 heteroatoms. The van der Waals surface area contributed by atoms with Crippen LogP contribution in [0.15, 0.2) is 55.0 Å². The maximum atomic E-state index is 12.9. The average molecular weight is 346 g/mol. The van der Waals surface area contributed by atoms with Gasteiger partial charge in [-0.3, -0.25) is 9.78 Å². The molecule has 0 bridgehead atoms. The van der Waals surface area contributed by atoms with Crippen molar-refractivity contribution < 1.29 is 18.0 Å². The summed E-state index contributed by atoms with van der Waals surface area (Å²) in [7, 11) is 0. The number of amides is 1. The topological polar surface area (TPSA) is 59.8 Å². The molecule has 128 valence electrons. The second kappa shape index (κ2) is 6.39. The van der Waals surface area contributed by atoms with Gasteiger partial charge >= 0.3 is 6.18 Å². The fraction of sp³-hybridized carbons (Fsp3) is 0.118. The molecular weight excluding hydrogens is 333 g/mol. The maximum absolute atomic E-state index is 12.9. The summed E-state index contributed by atoms with van der Waals surface area (Å²) in [6.07, 6.45) is -0.0596. The fourth-order valence-electron chi connectivity index (χ4n) is 2.34. The Morgan fingerprint density at radius 1 is 1.16 bits per heavy atom. The number of carbonyl (C=O) groups is 1. The van der Waals surface area contributed by atoms with Crippen LogP contribution in [-0.4, -0.2) is 20.7 Å². The maximum Gasteiger partial charge on any atom is 0.416 e. The second-order valence-corrected chi connectivity index (χ2v) is 5.30. The fourth-order valence-corrected chi connectivity index (χ4v) is 2.34. The van der Waals surface area contributed by atoms with Gasteiger partial charge in [0.15, 0.2) is 0 Å². The molecule has 0 radical (unpaired) electrons. The van der Waals surface area contributed by atoms with Gasteiger partial charge in [-0.05, 0) is 37.3 Å². The number of benzene rings is 1. The number of anilines is 1. The Hall–Kier alpha value is -3.16. The lowest BCUT2D eigenvalue weighted by atomic mass is 10.2. The molecule has 0 aliphatic heterocycles. The Bertz CT molecular complexity index is 904. The summed E-state index contributed by atoms with van der Waals surface area (Å²) in [5.41, 5.74) is 0.662. The Labute approximate surface area is 141 Å². The highest BCUT2D eigenvalue weighted by Crippen LogP contribution is 2.30. The number of hydrogen-bond donors (Lipinski definition) is 1. The van der Waals surface area contributed by atoms with Crippen molar-refractivity contribution >= 4 is 11.6 Å². The number of alkyl halides is 3. The third kappa shape index (κ3) is 3.52. The molecule has 1 N–H and O–H groups in total. The third-order valence-electron chi connectivity index (χ3n) is 3.59. The molecule has 0 aliphatic carbocycles. The summed E-state index contributed by atoms with van der Waals surface area (Å²) in [6, 6.07) is 8.12. The molecule has 0 aliphatic rings. The van der Waals surface area contributed by atoms with Crippen LogP contribution in [0.2, 0.25) is 0 Å². The Morgan fingerprint density at radius 2 is 1.96 bits per heavy atom. The van der Waals surface area contributed by atoms with E-state index in [1.807, 2.05) is 0 Å². The van der Waals surface area contributed by atoms with Crippen molar-refractivity contribution in [3.05, 3.63) is 71.8 Å². The molecule has 0 saturated carbocycles. The standard InChI is InChI=1S/C17H13F3N4O/c1-11-15(16(25)23-13-5-3-7-21-9-13)10-22-24(11)14-6-2-4-12(8-14)17(18,19)20/h2-10H,1H3,(H,23,25). The van der Waals surface area contributed by atoms with Crippen molar-refractivity contribution in [2.24, 2.45) is 0 Å². The minimum Gasteiger partial charge on any atom is -0.320 e. The van der Waals surface area contributed by atoms with Gasteiger partial charge in [0, 0.05) is 6.20 Å². The summed E-state index contributed by atoms with van der Waals surface area (Å²) in [4.78, 5) is 16.2. The van der Waals surface area contributed by atoms with E-state index in [1.54, 1.807) is 25.3 Å². The summed E-state index contributed by atoms with van der Waals surface area (Å²) in [5, 5.41) is 6.71. The Morgan fingerprint density at radius 3 is 2.64 bits per heavy atom. The van der Waals surface area contributed by atoms with Gasteiger partial charge in [0.1, 0.15) is 0 Å². The Kier molecular flexibility index (Phi) is 4.26. The van der Waals surface area contributed by atoms with E-state index in [0.29, 0.717) is 11.4 Å². The van der Waals surface area contributed by atoms with E-state index in [-0.39, 0.29) is 11.3 Å². The zero-order valence-corrected chi connectivity index (χ0v) is 13.1. The first kappa shape index (κ1) is 16.7. The van der Waals surface area contributed by atoms with Crippen LogP contribution >= 0.6 is 0 Å². The summed E-state index contributed by atoms with van der Waals surface area (Å²) in [6.45, 7) is 1.62. The molecule has 2 aromatic heterocycles. The number of halogens is 3. The van der Waals surface area contributed by atoms with Crippen LogP contribution in [-0.2, 0) is 6.18 Å². The van der Waals surface area contributed by atoms with E-state index in [1.165, 1.54) is 29.2 Å². The number of hydrogen-bond acceptors (Lipinski definition) is 3. The molecular formula is C17H13F3N4O. The molecule has 3 rings (SSSR count). The molecule has 1 amide bonds. The van der Waals surface area contributed by atoms with Gasteiger partial charge in [-0.25, -0.2) is 4.68 Å². The van der Waals surface area contributed by atoms with Gasteiger partial charge < -0.3 is 5.32 Å². The molecule has 5 nitrogen and oxygen atoms in total. The van der Waals surface area contributed by atoms with Crippen molar-refractivity contribution in [2.45, 2.75) is 13.1 Å². The zero-order valence-electron chi connectivity index (χ0n) is 13.1. The number of nitrogens with one attached hydrogen (secondary N) is 1. The lowest BCUT2D eigenvalue weighted by Crippen LogP contribution is -2.13. The van der Waals surface area contributed by atoms with Crippen LogP contribution in [0, 0.1) is 6.92 Å². The molecule has 0 spiro atoms. The lowest BCUT2D eigenvalue weighted by Gasteiger charge is -2.10. The zero-order chi connectivity index (χ0) is 18.0. The van der Waals surface area contributed by atoms with Gasteiger partial charge in [0.25, 0.3) is 5.91 Å². The van der Waals surface area contributed by atoms with E-state index in [2.05, 4.69) is 15.4 Å². The van der Waals surface area contributed by atoms with E-state index >= 15 is 0 Å². The highest BCUT2D eigenvalue weighted by molar-refractivity contribution is 6.04. The molecule has 0 atom stereocenters. The number of aromatic nitrogens is 3. The summed E-state index contributed by atoms with van der Waals surface area (Å²) >= 11 is 0. The highest BCUT2D eigenvalue weighted by Gasteiger charge is 2.30. The van der Waals surface area contributed by atoms with E-state index in [9.17, 15) is 18.0 Å². The molecule has 25 heavy (non-hydrogen) atoms. The molecule has 0 fully saturated rings. The number of pyridine rings is 1. The van der Waals surface area contributed by atoms with Gasteiger partial charge in [0.2, 0.25) is 0 Å². The first-order valence-electron chi connectivity index (χ1n) is 7.30. The van der Waals surface area contributed by atoms with Crippen LogP contribution in [0.5, 0.6) is 0 Å². The minimum atomic E-state index is -4.45. The third-order valence-corrected chi connectivity index (χ3v) is 3.59. The SMILES string of the molecule is Cc1c(C(=O)Nc2cccnc2)cnn1-c1cccc(C(F)(F)F)c1. The minimum absolute atomic E-state index is 0.229. The molecule has 0 unspecified atom stereocenters. The molecule has 3 aromatic rings. The smallest absolute Gasteiger partial charge is 0.320 e. The van der Waals surface area contributed by atoms with Crippen molar-refractivity contribution in [1.82, 2.24) is 14.8 Å². The van der Waals surface area contributed by atoms with Crippen molar-refractivity contribution in [2.75, 3.05) is 5.32 Å². The van der Waals surface area contributed by atoms with Crippen molar-refractivity contribution in [1.29, 1.82) is 0 Å². The van der Waals surface area contributed by atoms with Crippen molar-refractivity contribution in [3.8, 4) is 5.69 Å². The van der Waals surface area contributed by atoms with Crippen LogP contribution in [0.4, 0.5) is 18.9 Å². The Balaban J connectivity index is 1.90. The number of nitrogens with zero attached hydrogens (tertiary/aromatic N) is 3. The molecule has 1 aromatic carbocycles. The van der Waals surface area contributed by atoms with Gasteiger partial charge in [0.05, 0.1) is 40.6 Å². The second-order valence-electron chi connectivity index (χ2n) is 5.30. The largest absolute Gasteiger partial charge is 0.416 e. The van der Waals surface area contributed by atoms with Gasteiger partial charge in [-0.1, -0.05) is 6.07 Å². The van der Waals surface area contributed by atoms with Crippen LogP contribution in [0.25, 0.3) is 5.69 Å². The average Bonchev–Trinajstić information content (AvgIpc) is 2.97.